The molecule has 1 aromatic rings. The Kier molecular flexibility index (Phi) is 5.99. The van der Waals surface area contributed by atoms with Gasteiger partial charge in [-0.15, -0.1) is 0 Å². The van der Waals surface area contributed by atoms with Crippen LogP contribution in [0.1, 0.15) is 45.6 Å². The van der Waals surface area contributed by atoms with E-state index in [1.54, 1.807) is 0 Å². The van der Waals surface area contributed by atoms with Crippen LogP contribution in [0, 0.1) is 11.3 Å². The fraction of sp³-hybridized carbons (Fsp3) is 0.579. The first-order valence-electron chi connectivity index (χ1n) is 8.64. The maximum Gasteiger partial charge on any atom is 0.224 e. The molecule has 1 aliphatic carbocycles. The molecule has 5 heteroatoms. The van der Waals surface area contributed by atoms with Gasteiger partial charge in [0.05, 0.1) is 6.42 Å². The molecule has 4 N–H and O–H groups in total. The van der Waals surface area contributed by atoms with Gasteiger partial charge in [0.2, 0.25) is 11.8 Å². The van der Waals surface area contributed by atoms with Gasteiger partial charge in [0.15, 0.2) is 0 Å². The van der Waals surface area contributed by atoms with Crippen LogP contribution in [0.5, 0.6) is 0 Å². The molecule has 1 aliphatic rings. The van der Waals surface area contributed by atoms with Crippen LogP contribution in [-0.2, 0) is 16.0 Å². The van der Waals surface area contributed by atoms with E-state index in [4.69, 9.17) is 5.73 Å². The number of carbonyl (C=O) groups excluding carboxylic acids is 2. The summed E-state index contributed by atoms with van der Waals surface area (Å²) in [5, 5.41) is 5.77. The first-order valence-corrected chi connectivity index (χ1v) is 8.64. The average Bonchev–Trinajstić information content (AvgIpc) is 3.29. The Hall–Kier alpha value is -1.88. The maximum absolute atomic E-state index is 11.9. The predicted octanol–water partition coefficient (Wildman–Crippen LogP) is 2.46. The van der Waals surface area contributed by atoms with Crippen LogP contribution in [0.15, 0.2) is 24.3 Å². The van der Waals surface area contributed by atoms with E-state index in [1.807, 2.05) is 45.0 Å². The molecule has 1 atom stereocenters. The lowest BCUT2D eigenvalue weighted by Gasteiger charge is -2.17. The van der Waals surface area contributed by atoms with Gasteiger partial charge < -0.3 is 16.4 Å². The lowest BCUT2D eigenvalue weighted by molar-refractivity contribution is -0.120. The number of amides is 2. The quantitative estimate of drug-likeness (QED) is 0.717. The zero-order chi connectivity index (χ0) is 17.7. The number of benzene rings is 1. The van der Waals surface area contributed by atoms with Crippen molar-refractivity contribution in [2.75, 3.05) is 11.9 Å². The van der Waals surface area contributed by atoms with Crippen molar-refractivity contribution in [1.29, 1.82) is 0 Å². The van der Waals surface area contributed by atoms with Crippen molar-refractivity contribution in [3.8, 4) is 0 Å². The smallest absolute Gasteiger partial charge is 0.224 e. The van der Waals surface area contributed by atoms with Gasteiger partial charge in [-0.05, 0) is 41.9 Å². The van der Waals surface area contributed by atoms with Gasteiger partial charge in [-0.3, -0.25) is 9.59 Å². The van der Waals surface area contributed by atoms with Crippen molar-refractivity contribution in [3.63, 3.8) is 0 Å². The molecule has 1 aromatic carbocycles. The highest BCUT2D eigenvalue weighted by molar-refractivity contribution is 5.91. The summed E-state index contributed by atoms with van der Waals surface area (Å²) in [6, 6.07) is 7.48. The summed E-state index contributed by atoms with van der Waals surface area (Å²) in [5.74, 6) is 0.568. The van der Waals surface area contributed by atoms with Crippen molar-refractivity contribution < 1.29 is 9.59 Å². The zero-order valence-corrected chi connectivity index (χ0v) is 14.9. The first-order chi connectivity index (χ1) is 11.2. The number of nitrogens with one attached hydrogen (secondary N) is 2. The van der Waals surface area contributed by atoms with E-state index >= 15 is 0 Å². The lowest BCUT2D eigenvalue weighted by atomic mass is 9.92. The molecule has 1 saturated carbocycles. The van der Waals surface area contributed by atoms with E-state index in [0.29, 0.717) is 25.3 Å². The minimum Gasteiger partial charge on any atom is -0.354 e. The van der Waals surface area contributed by atoms with Crippen LogP contribution in [0.4, 0.5) is 5.69 Å². The summed E-state index contributed by atoms with van der Waals surface area (Å²) >= 11 is 0. The van der Waals surface area contributed by atoms with Crippen LogP contribution in [0.3, 0.4) is 0 Å². The largest absolute Gasteiger partial charge is 0.354 e. The van der Waals surface area contributed by atoms with E-state index in [0.717, 1.165) is 11.3 Å². The summed E-state index contributed by atoms with van der Waals surface area (Å²) in [7, 11) is 0. The summed E-state index contributed by atoms with van der Waals surface area (Å²) in [4.78, 5) is 23.9. The molecule has 0 aliphatic heterocycles. The molecule has 0 spiro atoms. The van der Waals surface area contributed by atoms with Crippen molar-refractivity contribution in [2.45, 2.75) is 52.5 Å². The fourth-order valence-electron chi connectivity index (χ4n) is 2.56. The third kappa shape index (κ3) is 6.71. The number of rotatable bonds is 7. The molecule has 1 unspecified atom stereocenters. The van der Waals surface area contributed by atoms with Gasteiger partial charge in [0, 0.05) is 24.7 Å². The van der Waals surface area contributed by atoms with Crippen molar-refractivity contribution in [3.05, 3.63) is 29.8 Å². The predicted molar refractivity (Wildman–Crippen MR) is 96.6 cm³/mol. The molecular formula is C19H29N3O2. The van der Waals surface area contributed by atoms with Crippen LogP contribution < -0.4 is 16.4 Å². The van der Waals surface area contributed by atoms with Gasteiger partial charge in [0.25, 0.3) is 0 Å². The first kappa shape index (κ1) is 18.5. The van der Waals surface area contributed by atoms with E-state index in [9.17, 15) is 9.59 Å². The summed E-state index contributed by atoms with van der Waals surface area (Å²) in [5.41, 5.74) is 7.61. The second-order valence-corrected chi connectivity index (χ2v) is 7.96. The average molecular weight is 331 g/mol. The summed E-state index contributed by atoms with van der Waals surface area (Å²) in [6.07, 6.45) is 3.16. The van der Waals surface area contributed by atoms with Gasteiger partial charge in [0.1, 0.15) is 0 Å². The Morgan fingerprint density at radius 2 is 1.79 bits per heavy atom. The van der Waals surface area contributed by atoms with Crippen molar-refractivity contribution in [1.82, 2.24) is 5.32 Å². The molecule has 1 fully saturated rings. The molecule has 0 bridgehead atoms. The van der Waals surface area contributed by atoms with Gasteiger partial charge in [-0.25, -0.2) is 0 Å². The Morgan fingerprint density at radius 3 is 2.33 bits per heavy atom. The minimum atomic E-state index is -0.0383. The normalized spacial score (nSPS) is 15.7. The highest BCUT2D eigenvalue weighted by Crippen LogP contribution is 2.31. The fourth-order valence-corrected chi connectivity index (χ4v) is 2.56. The molecule has 5 nitrogen and oxygen atoms in total. The molecule has 0 aromatic heterocycles. The molecule has 24 heavy (non-hydrogen) atoms. The molecule has 2 amide bonds. The van der Waals surface area contributed by atoms with E-state index in [-0.39, 0.29) is 23.3 Å². The van der Waals surface area contributed by atoms with Gasteiger partial charge in [-0.1, -0.05) is 32.9 Å². The van der Waals surface area contributed by atoms with Gasteiger partial charge in [-0.2, -0.15) is 0 Å². The second-order valence-electron chi connectivity index (χ2n) is 7.96. The molecule has 0 heterocycles. The highest BCUT2D eigenvalue weighted by Gasteiger charge is 2.28. The standard InChI is InChI=1S/C19H29N3O2/c1-19(2,3)11-18(24)22-15-8-4-13(5-9-15)10-17(23)21-12-16(20)14-6-7-14/h4-5,8-9,14,16H,6-7,10-12,20H2,1-3H3,(H,21,23)(H,22,24). The minimum absolute atomic E-state index is 0.00190. The van der Waals surface area contributed by atoms with E-state index in [1.165, 1.54) is 12.8 Å². The number of hydrogen-bond donors (Lipinski definition) is 3. The second kappa shape index (κ2) is 7.79. The number of carbonyl (C=O) groups is 2. The topological polar surface area (TPSA) is 84.2 Å². The Labute approximate surface area is 144 Å². The maximum atomic E-state index is 11.9. The monoisotopic (exact) mass is 331 g/mol. The summed E-state index contributed by atoms with van der Waals surface area (Å²) < 4.78 is 0. The van der Waals surface area contributed by atoms with Crippen LogP contribution in [0.25, 0.3) is 0 Å². The highest BCUT2D eigenvalue weighted by atomic mass is 16.2. The Balaban J connectivity index is 1.76. The molecule has 2 rings (SSSR count). The molecule has 0 radical (unpaired) electrons. The molecule has 0 saturated heterocycles. The van der Waals surface area contributed by atoms with Crippen molar-refractivity contribution >= 4 is 17.5 Å². The summed E-state index contributed by atoms with van der Waals surface area (Å²) in [6.45, 7) is 6.64. The van der Waals surface area contributed by atoms with E-state index in [2.05, 4.69) is 10.6 Å². The third-order valence-electron chi connectivity index (χ3n) is 4.06. The number of hydrogen-bond acceptors (Lipinski definition) is 3. The molecule has 132 valence electrons. The third-order valence-corrected chi connectivity index (χ3v) is 4.06. The zero-order valence-electron chi connectivity index (χ0n) is 14.9. The number of nitrogens with two attached hydrogens (primary N) is 1. The lowest BCUT2D eigenvalue weighted by Crippen LogP contribution is -2.39. The van der Waals surface area contributed by atoms with E-state index < -0.39 is 0 Å². The van der Waals surface area contributed by atoms with Crippen LogP contribution >= 0.6 is 0 Å². The molecular weight excluding hydrogens is 302 g/mol. The number of anilines is 1. The Morgan fingerprint density at radius 1 is 1.17 bits per heavy atom. The van der Waals surface area contributed by atoms with Gasteiger partial charge >= 0.3 is 0 Å². The van der Waals surface area contributed by atoms with Crippen molar-refractivity contribution in [2.24, 2.45) is 17.1 Å². The Bertz CT molecular complexity index is 571. The SMILES string of the molecule is CC(C)(C)CC(=O)Nc1ccc(CC(=O)NCC(N)C2CC2)cc1. The van der Waals surface area contributed by atoms with Crippen LogP contribution in [0.2, 0.25) is 0 Å². The van der Waals surface area contributed by atoms with Crippen LogP contribution in [-0.4, -0.2) is 24.4 Å².